The van der Waals surface area contributed by atoms with Crippen molar-refractivity contribution in [2.75, 3.05) is 12.9 Å². The second-order valence-corrected chi connectivity index (χ2v) is 5.24. The number of hydrogen-bond donors (Lipinski definition) is 2. The van der Waals surface area contributed by atoms with Crippen LogP contribution in [-0.2, 0) is 10.5 Å². The zero-order valence-corrected chi connectivity index (χ0v) is 12.1. The Morgan fingerprint density at radius 1 is 1.45 bits per heavy atom. The van der Waals surface area contributed by atoms with Gasteiger partial charge in [-0.05, 0) is 12.3 Å². The van der Waals surface area contributed by atoms with E-state index >= 15 is 0 Å². The van der Waals surface area contributed by atoms with Crippen molar-refractivity contribution in [2.45, 2.75) is 12.2 Å². The Morgan fingerprint density at radius 3 is 2.95 bits per heavy atom. The van der Waals surface area contributed by atoms with Crippen molar-refractivity contribution in [2.24, 2.45) is 16.5 Å². The van der Waals surface area contributed by atoms with E-state index in [0.29, 0.717) is 18.6 Å². The van der Waals surface area contributed by atoms with Gasteiger partial charge in [0.25, 0.3) is 5.91 Å². The summed E-state index contributed by atoms with van der Waals surface area (Å²) in [5.41, 5.74) is 13.1. The maximum atomic E-state index is 11.9. The summed E-state index contributed by atoms with van der Waals surface area (Å²) in [6.45, 7) is 0.440. The molecule has 0 atom stereocenters. The average molecular weight is 291 g/mol. The van der Waals surface area contributed by atoms with E-state index in [0.717, 1.165) is 22.6 Å². The maximum Gasteiger partial charge on any atom is 0.276 e. The zero-order valence-electron chi connectivity index (χ0n) is 11.3. The van der Waals surface area contributed by atoms with Gasteiger partial charge in [-0.3, -0.25) is 4.79 Å². The summed E-state index contributed by atoms with van der Waals surface area (Å²) in [5.74, 6) is 1.08. The molecule has 0 radical (unpaired) electrons. The smallest absolute Gasteiger partial charge is 0.276 e. The Kier molecular flexibility index (Phi) is 4.68. The van der Waals surface area contributed by atoms with E-state index in [1.807, 2.05) is 24.5 Å². The predicted molar refractivity (Wildman–Crippen MR) is 82.6 cm³/mol. The van der Waals surface area contributed by atoms with Gasteiger partial charge in [-0.1, -0.05) is 18.2 Å². The number of carbonyl (C=O) groups excluding carboxylic acids is 1. The lowest BCUT2D eigenvalue weighted by Gasteiger charge is -2.11. The maximum absolute atomic E-state index is 11.9. The number of rotatable bonds is 3. The van der Waals surface area contributed by atoms with Gasteiger partial charge in [-0.25, -0.2) is 0 Å². The van der Waals surface area contributed by atoms with Crippen LogP contribution in [0.3, 0.4) is 0 Å². The van der Waals surface area contributed by atoms with Gasteiger partial charge in [0.05, 0.1) is 6.61 Å². The zero-order chi connectivity index (χ0) is 14.5. The molecule has 106 valence electrons. The van der Waals surface area contributed by atoms with Crippen LogP contribution < -0.4 is 16.2 Å². The van der Waals surface area contributed by atoms with Crippen molar-refractivity contribution < 1.29 is 9.53 Å². The van der Waals surface area contributed by atoms with E-state index in [4.69, 9.17) is 16.2 Å². The van der Waals surface area contributed by atoms with Crippen LogP contribution in [-0.4, -0.2) is 24.7 Å². The number of benzene rings is 1. The highest BCUT2D eigenvalue weighted by Gasteiger charge is 2.17. The molecule has 20 heavy (non-hydrogen) atoms. The second-order valence-electron chi connectivity index (χ2n) is 4.38. The number of nitrogens with two attached hydrogens (primary N) is 2. The topological polar surface area (TPSA) is 90.7 Å². The van der Waals surface area contributed by atoms with E-state index < -0.39 is 5.91 Å². The molecule has 0 bridgehead atoms. The first-order chi connectivity index (χ1) is 9.61. The van der Waals surface area contributed by atoms with Crippen molar-refractivity contribution in [1.82, 2.24) is 0 Å². The van der Waals surface area contributed by atoms with Gasteiger partial charge in [0.15, 0.2) is 5.96 Å². The number of carbonyl (C=O) groups is 1. The number of amides is 1. The molecule has 0 unspecified atom stereocenters. The lowest BCUT2D eigenvalue weighted by molar-refractivity contribution is -0.114. The first-order valence-electron chi connectivity index (χ1n) is 6.20. The van der Waals surface area contributed by atoms with E-state index in [1.54, 1.807) is 17.8 Å². The van der Waals surface area contributed by atoms with Crippen LogP contribution in [0.25, 0.3) is 6.08 Å². The average Bonchev–Trinajstić information content (AvgIpc) is 2.61. The molecule has 1 aromatic rings. The van der Waals surface area contributed by atoms with Gasteiger partial charge < -0.3 is 16.2 Å². The molecule has 1 amide bonds. The number of guanidine groups is 1. The Morgan fingerprint density at radius 2 is 2.25 bits per heavy atom. The number of thioether (sulfide) groups is 1. The highest BCUT2D eigenvalue weighted by molar-refractivity contribution is 7.97. The fraction of sp³-hybridized carbons (Fsp3) is 0.286. The van der Waals surface area contributed by atoms with Crippen LogP contribution in [0.2, 0.25) is 0 Å². The summed E-state index contributed by atoms with van der Waals surface area (Å²) < 4.78 is 5.79. The third-order valence-corrected chi connectivity index (χ3v) is 3.48. The molecule has 1 aliphatic rings. The van der Waals surface area contributed by atoms with Gasteiger partial charge in [0.2, 0.25) is 0 Å². The van der Waals surface area contributed by atoms with Crippen molar-refractivity contribution in [3.63, 3.8) is 0 Å². The third-order valence-electron chi connectivity index (χ3n) is 2.88. The Bertz CT molecular complexity index is 578. The highest BCUT2D eigenvalue weighted by atomic mass is 32.2. The Hall–Kier alpha value is -1.95. The molecule has 1 heterocycles. The summed E-state index contributed by atoms with van der Waals surface area (Å²) in [7, 11) is 0. The fourth-order valence-corrected chi connectivity index (χ4v) is 2.58. The van der Waals surface area contributed by atoms with Crippen LogP contribution in [0.4, 0.5) is 0 Å². The fourth-order valence-electron chi connectivity index (χ4n) is 2.04. The molecule has 1 aromatic carbocycles. The number of hydrogen-bond acceptors (Lipinski definition) is 3. The van der Waals surface area contributed by atoms with Crippen LogP contribution in [0, 0.1) is 0 Å². The molecule has 0 saturated heterocycles. The van der Waals surface area contributed by atoms with Gasteiger partial charge in [0, 0.05) is 28.9 Å². The van der Waals surface area contributed by atoms with E-state index in [1.165, 1.54) is 0 Å². The first-order valence-corrected chi connectivity index (χ1v) is 7.59. The minimum absolute atomic E-state index is 0.225. The normalized spacial score (nSPS) is 13.6. The molecule has 1 aliphatic heterocycles. The minimum Gasteiger partial charge on any atom is -0.492 e. The summed E-state index contributed by atoms with van der Waals surface area (Å²) in [5, 5.41) is 0. The molecule has 5 nitrogen and oxygen atoms in total. The highest BCUT2D eigenvalue weighted by Crippen LogP contribution is 2.31. The van der Waals surface area contributed by atoms with Gasteiger partial charge >= 0.3 is 0 Å². The number of ether oxygens (including phenoxy) is 1. The minimum atomic E-state index is -0.406. The van der Waals surface area contributed by atoms with E-state index in [9.17, 15) is 4.79 Å². The van der Waals surface area contributed by atoms with Crippen LogP contribution >= 0.6 is 11.8 Å². The van der Waals surface area contributed by atoms with Gasteiger partial charge in [0.1, 0.15) is 5.75 Å². The van der Waals surface area contributed by atoms with Gasteiger partial charge in [-0.15, -0.1) is 0 Å². The number of aliphatic imine (C=N–C) groups is 1. The summed E-state index contributed by atoms with van der Waals surface area (Å²) in [6.07, 6.45) is 4.34. The Labute approximate surface area is 122 Å². The SMILES string of the molecule is CSCc1cccc2c1OCCC(C(=O)N=C(N)N)=C2. The third kappa shape index (κ3) is 3.33. The monoisotopic (exact) mass is 291 g/mol. The summed E-state index contributed by atoms with van der Waals surface area (Å²) in [6, 6.07) is 5.91. The molecular weight excluding hydrogens is 274 g/mol. The lowest BCUT2D eigenvalue weighted by atomic mass is 10.1. The van der Waals surface area contributed by atoms with E-state index in [-0.39, 0.29) is 5.96 Å². The number of nitrogens with zero attached hydrogens (tertiary/aromatic N) is 1. The van der Waals surface area contributed by atoms with Crippen molar-refractivity contribution in [3.05, 3.63) is 34.9 Å². The second kappa shape index (κ2) is 6.47. The molecule has 0 aromatic heterocycles. The predicted octanol–water partition coefficient (Wildman–Crippen LogP) is 1.52. The summed E-state index contributed by atoms with van der Waals surface area (Å²) >= 11 is 1.73. The van der Waals surface area contributed by atoms with Crippen molar-refractivity contribution in [3.8, 4) is 5.75 Å². The number of para-hydroxylation sites is 1. The molecule has 0 aliphatic carbocycles. The quantitative estimate of drug-likeness (QED) is 0.651. The Balaban J connectivity index is 2.38. The van der Waals surface area contributed by atoms with Crippen LogP contribution in [0.1, 0.15) is 17.5 Å². The molecule has 2 rings (SSSR count). The largest absolute Gasteiger partial charge is 0.492 e. The molecule has 0 spiro atoms. The van der Waals surface area contributed by atoms with E-state index in [2.05, 4.69) is 4.99 Å². The summed E-state index contributed by atoms with van der Waals surface area (Å²) in [4.78, 5) is 15.5. The standard InChI is InChI=1S/C14H17N3O2S/c1-20-8-11-4-2-3-9-7-10(5-6-19-12(9)11)13(18)17-14(15)16/h2-4,7H,5-6,8H2,1H3,(H4,15,16,17,18). The molecule has 4 N–H and O–H groups in total. The molecular formula is C14H17N3O2S. The lowest BCUT2D eigenvalue weighted by Crippen LogP contribution is -2.24. The van der Waals surface area contributed by atoms with Crippen molar-refractivity contribution in [1.29, 1.82) is 0 Å². The van der Waals surface area contributed by atoms with Crippen LogP contribution in [0.15, 0.2) is 28.8 Å². The molecule has 6 heteroatoms. The first kappa shape index (κ1) is 14.5. The molecule has 0 saturated carbocycles. The van der Waals surface area contributed by atoms with Crippen molar-refractivity contribution >= 4 is 29.7 Å². The van der Waals surface area contributed by atoms with Crippen LogP contribution in [0.5, 0.6) is 5.75 Å². The molecule has 0 fully saturated rings. The van der Waals surface area contributed by atoms with Gasteiger partial charge in [-0.2, -0.15) is 16.8 Å². The number of fused-ring (bicyclic) bond motifs is 1.